The number of nitrogens with one attached hydrogen (secondary N) is 1. The van der Waals surface area contributed by atoms with Crippen LogP contribution in [0.1, 0.15) is 5.56 Å². The molecule has 0 aliphatic carbocycles. The SMILES string of the molecule is C#CCSCCNCc1cc(Br)ccc1Cl. The van der Waals surface area contributed by atoms with Crippen LogP contribution in [0.15, 0.2) is 22.7 Å². The molecule has 0 bridgehead atoms. The summed E-state index contributed by atoms with van der Waals surface area (Å²) in [5, 5.41) is 4.13. The van der Waals surface area contributed by atoms with Crippen molar-refractivity contribution in [2.75, 3.05) is 18.1 Å². The predicted molar refractivity (Wildman–Crippen MR) is 77.0 cm³/mol. The zero-order chi connectivity index (χ0) is 11.8. The van der Waals surface area contributed by atoms with Crippen molar-refractivity contribution in [3.63, 3.8) is 0 Å². The molecule has 1 aromatic carbocycles. The lowest BCUT2D eigenvalue weighted by molar-refractivity contribution is 0.732. The highest BCUT2D eigenvalue weighted by Gasteiger charge is 2.00. The Balaban J connectivity index is 2.27. The van der Waals surface area contributed by atoms with Crippen LogP contribution in [0.4, 0.5) is 0 Å². The molecule has 0 spiro atoms. The van der Waals surface area contributed by atoms with Gasteiger partial charge in [0.15, 0.2) is 0 Å². The van der Waals surface area contributed by atoms with E-state index in [4.69, 9.17) is 18.0 Å². The molecule has 4 heteroatoms. The molecule has 0 heterocycles. The second-order valence-electron chi connectivity index (χ2n) is 3.17. The third-order valence-electron chi connectivity index (χ3n) is 1.93. The van der Waals surface area contributed by atoms with E-state index in [-0.39, 0.29) is 0 Å². The zero-order valence-electron chi connectivity index (χ0n) is 8.80. The van der Waals surface area contributed by atoms with Gasteiger partial charge in [0.05, 0.1) is 5.75 Å². The molecule has 86 valence electrons. The van der Waals surface area contributed by atoms with Gasteiger partial charge in [-0.25, -0.2) is 0 Å². The molecule has 0 atom stereocenters. The van der Waals surface area contributed by atoms with Crippen LogP contribution in [0.2, 0.25) is 5.02 Å². The van der Waals surface area contributed by atoms with Gasteiger partial charge in [0, 0.05) is 28.3 Å². The molecule has 1 rings (SSSR count). The Hall–Kier alpha value is -0.140. The van der Waals surface area contributed by atoms with Crippen LogP contribution < -0.4 is 5.32 Å². The van der Waals surface area contributed by atoms with Gasteiger partial charge in [-0.3, -0.25) is 0 Å². The van der Waals surface area contributed by atoms with Crippen LogP contribution in [-0.2, 0) is 6.54 Å². The van der Waals surface area contributed by atoms with Gasteiger partial charge in [-0.1, -0.05) is 33.5 Å². The maximum absolute atomic E-state index is 6.07. The Kier molecular flexibility index (Phi) is 6.98. The normalized spacial score (nSPS) is 10.1. The molecule has 0 radical (unpaired) electrons. The smallest absolute Gasteiger partial charge is 0.0545 e. The summed E-state index contributed by atoms with van der Waals surface area (Å²) in [5.74, 6) is 4.40. The van der Waals surface area contributed by atoms with Crippen molar-refractivity contribution in [1.82, 2.24) is 5.32 Å². The highest BCUT2D eigenvalue weighted by atomic mass is 79.9. The van der Waals surface area contributed by atoms with Crippen molar-refractivity contribution in [2.45, 2.75) is 6.54 Å². The number of halogens is 2. The van der Waals surface area contributed by atoms with Gasteiger partial charge in [-0.05, 0) is 23.8 Å². The number of benzene rings is 1. The van der Waals surface area contributed by atoms with Crippen molar-refractivity contribution in [3.05, 3.63) is 33.3 Å². The molecule has 16 heavy (non-hydrogen) atoms. The lowest BCUT2D eigenvalue weighted by atomic mass is 10.2. The molecule has 0 saturated carbocycles. The summed E-state index contributed by atoms with van der Waals surface area (Å²) in [5.41, 5.74) is 1.11. The number of hydrogen-bond acceptors (Lipinski definition) is 2. The topological polar surface area (TPSA) is 12.0 Å². The minimum absolute atomic E-state index is 0.777. The molecular formula is C12H13BrClNS. The Labute approximate surface area is 114 Å². The van der Waals surface area contributed by atoms with E-state index in [0.717, 1.165) is 39.7 Å². The molecular weight excluding hydrogens is 306 g/mol. The quantitative estimate of drug-likeness (QED) is 0.636. The summed E-state index contributed by atoms with van der Waals surface area (Å²) >= 11 is 11.2. The maximum Gasteiger partial charge on any atom is 0.0545 e. The fourth-order valence-electron chi connectivity index (χ4n) is 1.18. The minimum atomic E-state index is 0.777. The van der Waals surface area contributed by atoms with Gasteiger partial charge >= 0.3 is 0 Å². The van der Waals surface area contributed by atoms with Crippen LogP contribution >= 0.6 is 39.3 Å². The van der Waals surface area contributed by atoms with Crippen LogP contribution in [-0.4, -0.2) is 18.1 Å². The van der Waals surface area contributed by atoms with Crippen molar-refractivity contribution < 1.29 is 0 Å². The molecule has 1 aromatic rings. The van der Waals surface area contributed by atoms with Crippen LogP contribution in [0.5, 0.6) is 0 Å². The largest absolute Gasteiger partial charge is 0.312 e. The molecule has 0 aliphatic heterocycles. The standard InChI is InChI=1S/C12H13BrClNS/c1-2-6-16-7-5-15-9-10-8-11(13)3-4-12(10)14/h1,3-4,8,15H,5-7,9H2. The van der Waals surface area contributed by atoms with E-state index in [9.17, 15) is 0 Å². The van der Waals surface area contributed by atoms with Gasteiger partial charge in [0.25, 0.3) is 0 Å². The van der Waals surface area contributed by atoms with Crippen molar-refractivity contribution >= 4 is 39.3 Å². The zero-order valence-corrected chi connectivity index (χ0v) is 12.0. The minimum Gasteiger partial charge on any atom is -0.312 e. The summed E-state index contributed by atoms with van der Waals surface area (Å²) in [4.78, 5) is 0. The lowest BCUT2D eigenvalue weighted by Crippen LogP contribution is -2.16. The highest BCUT2D eigenvalue weighted by molar-refractivity contribution is 9.10. The molecule has 1 N–H and O–H groups in total. The van der Waals surface area contributed by atoms with E-state index in [0.29, 0.717) is 0 Å². The van der Waals surface area contributed by atoms with Crippen molar-refractivity contribution in [3.8, 4) is 12.3 Å². The van der Waals surface area contributed by atoms with Crippen LogP contribution in [0, 0.1) is 12.3 Å². The van der Waals surface area contributed by atoms with Crippen LogP contribution in [0.25, 0.3) is 0 Å². The van der Waals surface area contributed by atoms with Gasteiger partial charge < -0.3 is 5.32 Å². The Morgan fingerprint density at radius 3 is 3.06 bits per heavy atom. The second kappa shape index (κ2) is 8.03. The fourth-order valence-corrected chi connectivity index (χ4v) is 2.32. The molecule has 0 saturated heterocycles. The average molecular weight is 319 g/mol. The number of hydrogen-bond donors (Lipinski definition) is 1. The van der Waals surface area contributed by atoms with E-state index in [1.165, 1.54) is 0 Å². The first-order valence-corrected chi connectivity index (χ1v) is 7.22. The van der Waals surface area contributed by atoms with Crippen molar-refractivity contribution in [2.24, 2.45) is 0 Å². The summed E-state index contributed by atoms with van der Waals surface area (Å²) in [6, 6.07) is 5.87. The molecule has 1 nitrogen and oxygen atoms in total. The number of rotatable bonds is 6. The monoisotopic (exact) mass is 317 g/mol. The molecule has 0 unspecified atom stereocenters. The van der Waals surface area contributed by atoms with E-state index in [1.54, 1.807) is 11.8 Å². The maximum atomic E-state index is 6.07. The van der Waals surface area contributed by atoms with E-state index in [2.05, 4.69) is 27.2 Å². The molecule has 0 fully saturated rings. The first kappa shape index (κ1) is 13.9. The first-order valence-electron chi connectivity index (χ1n) is 4.90. The van der Waals surface area contributed by atoms with Gasteiger partial charge in [-0.15, -0.1) is 18.2 Å². The Bertz CT molecular complexity index is 376. The van der Waals surface area contributed by atoms with Gasteiger partial charge in [0.2, 0.25) is 0 Å². The highest BCUT2D eigenvalue weighted by Crippen LogP contribution is 2.20. The predicted octanol–water partition coefficient (Wildman–Crippen LogP) is 3.56. The molecule has 0 aliphatic rings. The third-order valence-corrected chi connectivity index (χ3v) is 3.66. The summed E-state index contributed by atoms with van der Waals surface area (Å²) < 4.78 is 1.05. The summed E-state index contributed by atoms with van der Waals surface area (Å²) in [6.07, 6.45) is 5.16. The van der Waals surface area contributed by atoms with E-state index < -0.39 is 0 Å². The summed E-state index contributed by atoms with van der Waals surface area (Å²) in [7, 11) is 0. The van der Waals surface area contributed by atoms with Gasteiger partial charge in [0.1, 0.15) is 0 Å². The second-order valence-corrected chi connectivity index (χ2v) is 5.60. The average Bonchev–Trinajstić information content (AvgIpc) is 2.28. The number of terminal acetylenes is 1. The lowest BCUT2D eigenvalue weighted by Gasteiger charge is -2.06. The van der Waals surface area contributed by atoms with Crippen LogP contribution in [0.3, 0.4) is 0 Å². The first-order chi connectivity index (χ1) is 7.74. The fraction of sp³-hybridized carbons (Fsp3) is 0.333. The number of thioether (sulfide) groups is 1. The Morgan fingerprint density at radius 2 is 2.31 bits per heavy atom. The molecule has 0 aromatic heterocycles. The van der Waals surface area contributed by atoms with Crippen molar-refractivity contribution in [1.29, 1.82) is 0 Å². The van der Waals surface area contributed by atoms with E-state index in [1.807, 2.05) is 18.2 Å². The third kappa shape index (κ3) is 5.27. The summed E-state index contributed by atoms with van der Waals surface area (Å²) in [6.45, 7) is 1.73. The van der Waals surface area contributed by atoms with Gasteiger partial charge in [-0.2, -0.15) is 0 Å². The van der Waals surface area contributed by atoms with E-state index >= 15 is 0 Å². The Morgan fingerprint density at radius 1 is 1.50 bits per heavy atom. The molecule has 0 amide bonds.